The first-order valence-corrected chi connectivity index (χ1v) is 5.97. The Balaban J connectivity index is 2.35. The number of carbonyl (C=O) groups excluding carboxylic acids is 1. The number of hydrogen-bond acceptors (Lipinski definition) is 3. The molecule has 1 unspecified atom stereocenters. The average molecular weight is 226 g/mol. The van der Waals surface area contributed by atoms with Crippen LogP contribution < -0.4 is 5.32 Å². The van der Waals surface area contributed by atoms with Crippen LogP contribution in [0.4, 0.5) is 0 Å². The zero-order chi connectivity index (χ0) is 11.3. The monoisotopic (exact) mass is 226 g/mol. The molecule has 0 spiro atoms. The summed E-state index contributed by atoms with van der Waals surface area (Å²) in [7, 11) is 3.65. The Bertz CT molecular complexity index is 298. The van der Waals surface area contributed by atoms with Crippen LogP contribution in [0, 0.1) is 0 Å². The fourth-order valence-corrected chi connectivity index (χ4v) is 2.00. The van der Waals surface area contributed by atoms with Gasteiger partial charge in [0.15, 0.2) is 0 Å². The summed E-state index contributed by atoms with van der Waals surface area (Å²) in [4.78, 5) is 14.8. The molecular weight excluding hydrogens is 208 g/mol. The lowest BCUT2D eigenvalue weighted by atomic mass is 10.2. The smallest absolute Gasteiger partial charge is 0.239 e. The van der Waals surface area contributed by atoms with Gasteiger partial charge < -0.3 is 10.2 Å². The summed E-state index contributed by atoms with van der Waals surface area (Å²) in [6.07, 6.45) is 0.941. The minimum atomic E-state index is -0.0988. The molecule has 4 heteroatoms. The van der Waals surface area contributed by atoms with E-state index in [9.17, 15) is 4.79 Å². The van der Waals surface area contributed by atoms with Gasteiger partial charge in [0.05, 0.1) is 6.04 Å². The van der Waals surface area contributed by atoms with Crippen LogP contribution in [-0.4, -0.2) is 37.5 Å². The molecule has 1 amide bonds. The quantitative estimate of drug-likeness (QED) is 0.822. The van der Waals surface area contributed by atoms with Gasteiger partial charge in [-0.2, -0.15) is 0 Å². The second kappa shape index (κ2) is 5.88. The third kappa shape index (κ3) is 3.64. The topological polar surface area (TPSA) is 32.3 Å². The molecule has 1 N–H and O–H groups in total. The molecule has 0 aromatic carbocycles. The fraction of sp³-hybridized carbons (Fsp3) is 0.545. The number of thiophene rings is 1. The van der Waals surface area contributed by atoms with Gasteiger partial charge in [-0.1, -0.05) is 6.07 Å². The lowest BCUT2D eigenvalue weighted by Gasteiger charge is -2.20. The predicted octanol–water partition coefficient (Wildman–Crippen LogP) is 1.36. The summed E-state index contributed by atoms with van der Waals surface area (Å²) in [6, 6.07) is 4.04. The van der Waals surface area contributed by atoms with Gasteiger partial charge >= 0.3 is 0 Å². The van der Waals surface area contributed by atoms with Gasteiger partial charge in [0.25, 0.3) is 0 Å². The largest absolute Gasteiger partial charge is 0.344 e. The van der Waals surface area contributed by atoms with E-state index in [4.69, 9.17) is 0 Å². The second-order valence-electron chi connectivity index (χ2n) is 3.60. The minimum Gasteiger partial charge on any atom is -0.344 e. The zero-order valence-electron chi connectivity index (χ0n) is 9.49. The molecule has 0 aliphatic rings. The van der Waals surface area contributed by atoms with Crippen molar-refractivity contribution in [2.24, 2.45) is 0 Å². The summed E-state index contributed by atoms with van der Waals surface area (Å²) in [5.41, 5.74) is 0. The summed E-state index contributed by atoms with van der Waals surface area (Å²) < 4.78 is 0. The Morgan fingerprint density at radius 1 is 1.67 bits per heavy atom. The van der Waals surface area contributed by atoms with Crippen LogP contribution in [0.1, 0.15) is 11.8 Å². The highest BCUT2D eigenvalue weighted by atomic mass is 32.1. The predicted molar refractivity (Wildman–Crippen MR) is 64.2 cm³/mol. The van der Waals surface area contributed by atoms with Crippen LogP contribution in [0.5, 0.6) is 0 Å². The lowest BCUT2D eigenvalue weighted by Crippen LogP contribution is -2.42. The maximum Gasteiger partial charge on any atom is 0.239 e. The summed E-state index contributed by atoms with van der Waals surface area (Å²) in [5.74, 6) is 0.147. The van der Waals surface area contributed by atoms with Gasteiger partial charge in [0.1, 0.15) is 0 Å². The van der Waals surface area contributed by atoms with Crippen molar-refractivity contribution in [3.05, 3.63) is 22.4 Å². The van der Waals surface area contributed by atoms with Crippen LogP contribution in [0.25, 0.3) is 0 Å². The van der Waals surface area contributed by atoms with Gasteiger partial charge in [0.2, 0.25) is 5.91 Å². The van der Waals surface area contributed by atoms with E-state index in [1.807, 2.05) is 20.0 Å². The van der Waals surface area contributed by atoms with Crippen molar-refractivity contribution in [2.75, 3.05) is 20.6 Å². The number of nitrogens with one attached hydrogen (secondary N) is 1. The van der Waals surface area contributed by atoms with Crippen LogP contribution >= 0.6 is 11.3 Å². The molecule has 0 radical (unpaired) electrons. The van der Waals surface area contributed by atoms with E-state index < -0.39 is 0 Å². The van der Waals surface area contributed by atoms with Crippen LogP contribution in [0.15, 0.2) is 17.5 Å². The van der Waals surface area contributed by atoms with Gasteiger partial charge in [0, 0.05) is 18.5 Å². The van der Waals surface area contributed by atoms with Gasteiger partial charge in [-0.3, -0.25) is 4.79 Å². The highest BCUT2D eigenvalue weighted by Crippen LogP contribution is 2.09. The third-order valence-electron chi connectivity index (χ3n) is 2.45. The summed E-state index contributed by atoms with van der Waals surface area (Å²) >= 11 is 1.74. The van der Waals surface area contributed by atoms with Gasteiger partial charge in [-0.05, 0) is 31.8 Å². The molecule has 0 saturated heterocycles. The summed E-state index contributed by atoms with van der Waals surface area (Å²) in [6.45, 7) is 2.66. The van der Waals surface area contributed by atoms with Crippen molar-refractivity contribution in [1.82, 2.24) is 10.2 Å². The van der Waals surface area contributed by atoms with Crippen LogP contribution in [0.2, 0.25) is 0 Å². The van der Waals surface area contributed by atoms with Gasteiger partial charge in [-0.25, -0.2) is 0 Å². The number of rotatable bonds is 5. The van der Waals surface area contributed by atoms with Crippen molar-refractivity contribution < 1.29 is 4.79 Å². The molecule has 0 bridgehead atoms. The van der Waals surface area contributed by atoms with Crippen LogP contribution in [-0.2, 0) is 11.2 Å². The molecule has 0 fully saturated rings. The molecule has 84 valence electrons. The molecule has 1 rings (SSSR count). The van der Waals surface area contributed by atoms with E-state index in [-0.39, 0.29) is 11.9 Å². The normalized spacial score (nSPS) is 12.5. The molecule has 3 nitrogen and oxygen atoms in total. The van der Waals surface area contributed by atoms with Crippen molar-refractivity contribution in [3.8, 4) is 0 Å². The Morgan fingerprint density at radius 3 is 2.93 bits per heavy atom. The lowest BCUT2D eigenvalue weighted by molar-refractivity contribution is -0.131. The first kappa shape index (κ1) is 12.2. The van der Waals surface area contributed by atoms with Crippen molar-refractivity contribution in [3.63, 3.8) is 0 Å². The molecular formula is C11H18N2OS. The highest BCUT2D eigenvalue weighted by Gasteiger charge is 2.14. The SMILES string of the molecule is CNC(C)C(=O)N(C)CCc1cccs1. The molecule has 0 aliphatic carbocycles. The Morgan fingerprint density at radius 2 is 2.40 bits per heavy atom. The number of carbonyl (C=O) groups is 1. The number of likely N-dealkylation sites (N-methyl/N-ethyl adjacent to an activating group) is 2. The van der Waals surface area contributed by atoms with E-state index in [2.05, 4.69) is 16.8 Å². The molecule has 1 aromatic rings. The zero-order valence-corrected chi connectivity index (χ0v) is 10.3. The van der Waals surface area contributed by atoms with Crippen molar-refractivity contribution in [1.29, 1.82) is 0 Å². The number of hydrogen-bond donors (Lipinski definition) is 1. The summed E-state index contributed by atoms with van der Waals surface area (Å²) in [5, 5.41) is 5.01. The Kier molecular flexibility index (Phi) is 4.78. The first-order chi connectivity index (χ1) is 7.15. The number of amides is 1. The third-order valence-corrected chi connectivity index (χ3v) is 3.39. The van der Waals surface area contributed by atoms with Gasteiger partial charge in [-0.15, -0.1) is 11.3 Å². The fourth-order valence-electron chi connectivity index (χ4n) is 1.30. The second-order valence-corrected chi connectivity index (χ2v) is 4.63. The first-order valence-electron chi connectivity index (χ1n) is 5.09. The van der Waals surface area contributed by atoms with E-state index in [0.29, 0.717) is 0 Å². The van der Waals surface area contributed by atoms with Crippen molar-refractivity contribution in [2.45, 2.75) is 19.4 Å². The maximum atomic E-state index is 11.7. The van der Waals surface area contributed by atoms with E-state index in [0.717, 1.165) is 13.0 Å². The Hall–Kier alpha value is -0.870. The highest BCUT2D eigenvalue weighted by molar-refractivity contribution is 7.09. The molecule has 1 atom stereocenters. The molecule has 0 saturated carbocycles. The minimum absolute atomic E-state index is 0.0988. The molecule has 0 aliphatic heterocycles. The van der Waals surface area contributed by atoms with Crippen LogP contribution in [0.3, 0.4) is 0 Å². The van der Waals surface area contributed by atoms with E-state index in [1.165, 1.54) is 4.88 Å². The van der Waals surface area contributed by atoms with E-state index >= 15 is 0 Å². The maximum absolute atomic E-state index is 11.7. The standard InChI is InChI=1S/C11H18N2OS/c1-9(12-2)11(14)13(3)7-6-10-5-4-8-15-10/h4-5,8-9,12H,6-7H2,1-3H3. The molecule has 1 heterocycles. The molecule has 15 heavy (non-hydrogen) atoms. The number of nitrogens with zero attached hydrogens (tertiary/aromatic N) is 1. The molecule has 1 aromatic heterocycles. The Labute approximate surface area is 95.1 Å². The average Bonchev–Trinajstić information content (AvgIpc) is 2.76. The van der Waals surface area contributed by atoms with E-state index in [1.54, 1.807) is 23.3 Å². The van der Waals surface area contributed by atoms with Crippen molar-refractivity contribution >= 4 is 17.2 Å².